The number of ether oxygens (including phenoxy) is 1. The summed E-state index contributed by atoms with van der Waals surface area (Å²) in [6, 6.07) is 2.06. The van der Waals surface area contributed by atoms with Crippen LogP contribution < -0.4 is 4.74 Å². The van der Waals surface area contributed by atoms with Crippen LogP contribution in [0.25, 0.3) is 17.0 Å². The molecule has 0 saturated heterocycles. The highest BCUT2D eigenvalue weighted by Gasteiger charge is 2.17. The number of hydrogen-bond acceptors (Lipinski definition) is 4. The van der Waals surface area contributed by atoms with E-state index in [1.165, 1.54) is 23.0 Å². The molecule has 3 heterocycles. The first kappa shape index (κ1) is 15.7. The van der Waals surface area contributed by atoms with Crippen molar-refractivity contribution in [3.63, 3.8) is 0 Å². The van der Waals surface area contributed by atoms with Crippen LogP contribution in [0.5, 0.6) is 5.75 Å². The van der Waals surface area contributed by atoms with Gasteiger partial charge in [-0.25, -0.2) is 32.0 Å². The molecule has 23 heavy (non-hydrogen) atoms. The van der Waals surface area contributed by atoms with Crippen LogP contribution >= 0.6 is 15.9 Å². The van der Waals surface area contributed by atoms with Gasteiger partial charge in [0, 0.05) is 12.1 Å². The molecule has 10 heteroatoms. The Kier molecular flexibility index (Phi) is 4.16. The molecule has 0 aromatic carbocycles. The van der Waals surface area contributed by atoms with Crippen molar-refractivity contribution >= 4 is 21.6 Å². The van der Waals surface area contributed by atoms with Crippen molar-refractivity contribution in [3.05, 3.63) is 40.8 Å². The Morgan fingerprint density at radius 3 is 2.70 bits per heavy atom. The highest BCUT2D eigenvalue weighted by atomic mass is 79.9. The van der Waals surface area contributed by atoms with Crippen LogP contribution in [0.4, 0.5) is 17.6 Å². The lowest BCUT2D eigenvalue weighted by molar-refractivity contribution is 0.0817. The predicted molar refractivity (Wildman–Crippen MR) is 75.3 cm³/mol. The molecule has 0 saturated carbocycles. The number of alkyl halides is 2. The Morgan fingerprint density at radius 1 is 1.17 bits per heavy atom. The van der Waals surface area contributed by atoms with Crippen molar-refractivity contribution in [1.29, 1.82) is 0 Å². The predicted octanol–water partition coefficient (Wildman–Crippen LogP) is 3.48. The third kappa shape index (κ3) is 3.11. The number of nitrogens with zero attached hydrogens (tertiary/aromatic N) is 4. The molecule has 3 aromatic rings. The van der Waals surface area contributed by atoms with Gasteiger partial charge in [-0.2, -0.15) is 5.10 Å². The topological polar surface area (TPSA) is 52.3 Å². The van der Waals surface area contributed by atoms with E-state index in [9.17, 15) is 17.6 Å². The molecule has 0 spiro atoms. The Balaban J connectivity index is 2.02. The second-order valence-corrected chi connectivity index (χ2v) is 5.15. The first-order valence-electron chi connectivity index (χ1n) is 6.22. The minimum absolute atomic E-state index is 0.101. The standard InChI is InChI=1S/C13H7BrF4N4O/c14-13-8(16)2-7(15)12(21-13)9-4-19-11-1-6(3-20-22(9)11)23-5-10(17)18/h1-4,10H,5H2. The van der Waals surface area contributed by atoms with Gasteiger partial charge in [0.15, 0.2) is 17.3 Å². The van der Waals surface area contributed by atoms with E-state index in [4.69, 9.17) is 4.74 Å². The van der Waals surface area contributed by atoms with Crippen molar-refractivity contribution in [1.82, 2.24) is 19.6 Å². The molecule has 0 bridgehead atoms. The fraction of sp³-hybridized carbons (Fsp3) is 0.154. The summed E-state index contributed by atoms with van der Waals surface area (Å²) in [5, 5.41) is 3.96. The van der Waals surface area contributed by atoms with Gasteiger partial charge in [0.25, 0.3) is 6.43 Å². The van der Waals surface area contributed by atoms with E-state index in [2.05, 4.69) is 31.0 Å². The normalized spacial score (nSPS) is 11.4. The maximum absolute atomic E-state index is 13.9. The molecule has 5 nitrogen and oxygen atoms in total. The van der Waals surface area contributed by atoms with E-state index in [0.717, 1.165) is 0 Å². The lowest BCUT2D eigenvalue weighted by Gasteiger charge is -2.06. The molecule has 0 unspecified atom stereocenters. The first-order valence-corrected chi connectivity index (χ1v) is 7.01. The van der Waals surface area contributed by atoms with Crippen molar-refractivity contribution in [2.24, 2.45) is 0 Å². The van der Waals surface area contributed by atoms with Gasteiger partial charge >= 0.3 is 0 Å². The summed E-state index contributed by atoms with van der Waals surface area (Å²) in [6.07, 6.45) is -0.136. The van der Waals surface area contributed by atoms with E-state index in [0.29, 0.717) is 6.07 Å². The smallest absolute Gasteiger partial charge is 0.272 e. The lowest BCUT2D eigenvalue weighted by Crippen LogP contribution is -2.08. The number of rotatable bonds is 4. The van der Waals surface area contributed by atoms with Crippen LogP contribution in [0.1, 0.15) is 0 Å². The van der Waals surface area contributed by atoms with Crippen molar-refractivity contribution in [2.75, 3.05) is 6.61 Å². The largest absolute Gasteiger partial charge is 0.486 e. The maximum atomic E-state index is 13.9. The van der Waals surface area contributed by atoms with Gasteiger partial charge in [-0.05, 0) is 15.9 Å². The molecule has 0 atom stereocenters. The van der Waals surface area contributed by atoms with E-state index >= 15 is 0 Å². The number of aromatic nitrogens is 4. The van der Waals surface area contributed by atoms with Gasteiger partial charge in [-0.3, -0.25) is 0 Å². The monoisotopic (exact) mass is 390 g/mol. The van der Waals surface area contributed by atoms with Gasteiger partial charge in [-0.1, -0.05) is 0 Å². The van der Waals surface area contributed by atoms with Crippen LogP contribution in [0.15, 0.2) is 29.1 Å². The highest BCUT2D eigenvalue weighted by Crippen LogP contribution is 2.26. The molecule has 0 fully saturated rings. The first-order chi connectivity index (χ1) is 11.0. The summed E-state index contributed by atoms with van der Waals surface area (Å²) in [6.45, 7) is -0.771. The molecule has 0 amide bonds. The minimum Gasteiger partial charge on any atom is -0.486 e. The minimum atomic E-state index is -2.61. The zero-order chi connectivity index (χ0) is 16.6. The van der Waals surface area contributed by atoms with E-state index in [1.807, 2.05) is 0 Å². The SMILES string of the molecule is Fc1cc(F)c(-c2cnc3cc(OCC(F)F)cnn23)nc1Br. The van der Waals surface area contributed by atoms with Gasteiger partial charge in [0.05, 0.1) is 12.4 Å². The molecule has 3 aromatic heterocycles. The number of pyridine rings is 1. The fourth-order valence-electron chi connectivity index (χ4n) is 1.88. The van der Waals surface area contributed by atoms with E-state index < -0.39 is 24.7 Å². The number of imidazole rings is 1. The van der Waals surface area contributed by atoms with Crippen molar-refractivity contribution < 1.29 is 22.3 Å². The Labute approximate surface area is 135 Å². The van der Waals surface area contributed by atoms with Crippen LogP contribution in [-0.2, 0) is 0 Å². The Morgan fingerprint density at radius 2 is 1.96 bits per heavy atom. The zero-order valence-corrected chi connectivity index (χ0v) is 12.8. The van der Waals surface area contributed by atoms with Crippen LogP contribution in [0.3, 0.4) is 0 Å². The highest BCUT2D eigenvalue weighted by molar-refractivity contribution is 9.10. The Bertz CT molecular complexity index is 871. The molecule has 3 rings (SSSR count). The van der Waals surface area contributed by atoms with Crippen molar-refractivity contribution in [2.45, 2.75) is 6.43 Å². The third-order valence-corrected chi connectivity index (χ3v) is 3.40. The third-order valence-electron chi connectivity index (χ3n) is 2.84. The van der Waals surface area contributed by atoms with E-state index in [-0.39, 0.29) is 27.4 Å². The van der Waals surface area contributed by atoms with Gasteiger partial charge < -0.3 is 4.74 Å². The number of fused-ring (bicyclic) bond motifs is 1. The summed E-state index contributed by atoms with van der Waals surface area (Å²) in [7, 11) is 0. The fourth-order valence-corrected chi connectivity index (χ4v) is 2.17. The molecule has 0 aliphatic rings. The molecule has 0 N–H and O–H groups in total. The number of hydrogen-bond donors (Lipinski definition) is 0. The summed E-state index contributed by atoms with van der Waals surface area (Å²) < 4.78 is 57.3. The summed E-state index contributed by atoms with van der Waals surface area (Å²) >= 11 is 2.88. The van der Waals surface area contributed by atoms with Gasteiger partial charge in [-0.15, -0.1) is 0 Å². The maximum Gasteiger partial charge on any atom is 0.272 e. The van der Waals surface area contributed by atoms with E-state index in [1.54, 1.807) is 0 Å². The molecule has 0 aliphatic carbocycles. The zero-order valence-electron chi connectivity index (χ0n) is 11.2. The molecular weight excluding hydrogens is 384 g/mol. The quantitative estimate of drug-likeness (QED) is 0.505. The van der Waals surface area contributed by atoms with Gasteiger partial charge in [0.2, 0.25) is 0 Å². The van der Waals surface area contributed by atoms with Crippen LogP contribution in [-0.4, -0.2) is 32.6 Å². The molecule has 0 radical (unpaired) electrons. The Hall–Kier alpha value is -2.23. The van der Waals surface area contributed by atoms with Crippen molar-refractivity contribution in [3.8, 4) is 17.1 Å². The summed E-state index contributed by atoms with van der Waals surface area (Å²) in [4.78, 5) is 7.78. The summed E-state index contributed by atoms with van der Waals surface area (Å²) in [5.74, 6) is -1.62. The average molecular weight is 391 g/mol. The lowest BCUT2D eigenvalue weighted by atomic mass is 10.3. The molecular formula is C13H7BrF4N4O. The summed E-state index contributed by atoms with van der Waals surface area (Å²) in [5.41, 5.74) is 0.270. The van der Waals surface area contributed by atoms with Gasteiger partial charge in [0.1, 0.15) is 28.3 Å². The molecule has 0 aliphatic heterocycles. The number of halogens is 5. The molecule has 120 valence electrons. The average Bonchev–Trinajstić information content (AvgIpc) is 2.92. The van der Waals surface area contributed by atoms with Crippen LogP contribution in [0, 0.1) is 11.6 Å². The second-order valence-electron chi connectivity index (χ2n) is 4.40. The van der Waals surface area contributed by atoms with Crippen LogP contribution in [0.2, 0.25) is 0 Å². The second kappa shape index (κ2) is 6.11.